The van der Waals surface area contributed by atoms with Gasteiger partial charge in [-0.25, -0.2) is 4.79 Å². The van der Waals surface area contributed by atoms with Gasteiger partial charge in [0.1, 0.15) is 0 Å². The van der Waals surface area contributed by atoms with Gasteiger partial charge < -0.3 is 20.4 Å². The summed E-state index contributed by atoms with van der Waals surface area (Å²) in [6.45, 7) is 5.43. The van der Waals surface area contributed by atoms with E-state index in [0.717, 1.165) is 36.6 Å². The van der Waals surface area contributed by atoms with Crippen molar-refractivity contribution in [2.24, 2.45) is 0 Å². The summed E-state index contributed by atoms with van der Waals surface area (Å²) in [7, 11) is 0. The van der Waals surface area contributed by atoms with Gasteiger partial charge in [-0.1, -0.05) is 36.9 Å². The van der Waals surface area contributed by atoms with Crippen molar-refractivity contribution < 1.29 is 9.59 Å². The third-order valence-corrected chi connectivity index (χ3v) is 5.94. The molecule has 154 valence electrons. The predicted molar refractivity (Wildman–Crippen MR) is 113 cm³/mol. The Morgan fingerprint density at radius 3 is 2.54 bits per heavy atom. The van der Waals surface area contributed by atoms with Gasteiger partial charge >= 0.3 is 6.03 Å². The molecule has 0 atom stereocenters. The molecule has 1 saturated carbocycles. The third kappa shape index (κ3) is 5.77. The Kier molecular flexibility index (Phi) is 7.43. The highest BCUT2D eigenvalue weighted by molar-refractivity contribution is 6.30. The van der Waals surface area contributed by atoms with E-state index in [1.54, 1.807) is 0 Å². The predicted octanol–water partition coefficient (Wildman–Crippen LogP) is 3.32. The maximum Gasteiger partial charge on any atom is 0.315 e. The molecule has 1 heterocycles. The van der Waals surface area contributed by atoms with Crippen molar-refractivity contribution in [3.8, 4) is 0 Å². The monoisotopic (exact) mass is 406 g/mol. The van der Waals surface area contributed by atoms with E-state index in [0.29, 0.717) is 26.1 Å². The number of amides is 3. The SMILES string of the molecule is Cc1ccc(Cl)cc1N1CCN(C(=O)CCNC(=O)NC2CCCCC2)CC1. The molecule has 0 radical (unpaired) electrons. The second kappa shape index (κ2) is 10.0. The number of rotatable bonds is 5. The first-order chi connectivity index (χ1) is 13.5. The molecule has 1 saturated heterocycles. The van der Waals surface area contributed by atoms with Gasteiger partial charge in [0, 0.05) is 55.9 Å². The van der Waals surface area contributed by atoms with Crippen LogP contribution < -0.4 is 15.5 Å². The van der Waals surface area contributed by atoms with Crippen molar-refractivity contribution in [3.05, 3.63) is 28.8 Å². The molecule has 6 nitrogen and oxygen atoms in total. The fourth-order valence-corrected chi connectivity index (χ4v) is 4.21. The molecule has 7 heteroatoms. The van der Waals surface area contributed by atoms with E-state index < -0.39 is 0 Å². The van der Waals surface area contributed by atoms with Crippen LogP contribution in [0.2, 0.25) is 5.02 Å². The first-order valence-electron chi connectivity index (χ1n) is 10.4. The Balaban J connectivity index is 1.37. The van der Waals surface area contributed by atoms with Crippen LogP contribution in [0.5, 0.6) is 0 Å². The van der Waals surface area contributed by atoms with Gasteiger partial charge in [0.15, 0.2) is 0 Å². The van der Waals surface area contributed by atoms with E-state index >= 15 is 0 Å². The van der Waals surface area contributed by atoms with Gasteiger partial charge in [0.2, 0.25) is 5.91 Å². The van der Waals surface area contributed by atoms with E-state index in [1.165, 1.54) is 24.8 Å². The number of aryl methyl sites for hydroxylation is 1. The molecule has 3 amide bonds. The zero-order valence-corrected chi connectivity index (χ0v) is 17.4. The Hall–Kier alpha value is -1.95. The number of anilines is 1. The summed E-state index contributed by atoms with van der Waals surface area (Å²) in [4.78, 5) is 28.6. The second-order valence-corrected chi connectivity index (χ2v) is 8.22. The van der Waals surface area contributed by atoms with Gasteiger partial charge in [0.25, 0.3) is 0 Å². The molecular weight excluding hydrogens is 376 g/mol. The minimum absolute atomic E-state index is 0.0976. The lowest BCUT2D eigenvalue weighted by molar-refractivity contribution is -0.131. The molecule has 1 aromatic rings. The summed E-state index contributed by atoms with van der Waals surface area (Å²) in [6.07, 6.45) is 6.09. The van der Waals surface area contributed by atoms with Crippen molar-refractivity contribution in [3.63, 3.8) is 0 Å². The summed E-state index contributed by atoms with van der Waals surface area (Å²) >= 11 is 6.13. The van der Waals surface area contributed by atoms with E-state index in [1.807, 2.05) is 23.1 Å². The van der Waals surface area contributed by atoms with Crippen LogP contribution in [0.4, 0.5) is 10.5 Å². The van der Waals surface area contributed by atoms with Crippen LogP contribution in [0.3, 0.4) is 0 Å². The Labute approximate surface area is 172 Å². The van der Waals surface area contributed by atoms with E-state index in [-0.39, 0.29) is 18.0 Å². The lowest BCUT2D eigenvalue weighted by atomic mass is 9.96. The molecule has 0 spiro atoms. The van der Waals surface area contributed by atoms with Gasteiger partial charge in [-0.05, 0) is 37.5 Å². The highest BCUT2D eigenvalue weighted by Crippen LogP contribution is 2.25. The summed E-state index contributed by atoms with van der Waals surface area (Å²) < 4.78 is 0. The fraction of sp³-hybridized carbons (Fsp3) is 0.619. The highest BCUT2D eigenvalue weighted by Gasteiger charge is 2.22. The molecule has 0 bridgehead atoms. The molecule has 2 fully saturated rings. The molecule has 0 unspecified atom stereocenters. The zero-order chi connectivity index (χ0) is 19.9. The molecule has 1 aliphatic heterocycles. The molecule has 2 N–H and O–H groups in total. The molecule has 2 aliphatic rings. The topological polar surface area (TPSA) is 64.7 Å². The number of urea groups is 1. The largest absolute Gasteiger partial charge is 0.368 e. The highest BCUT2D eigenvalue weighted by atomic mass is 35.5. The van der Waals surface area contributed by atoms with Crippen LogP contribution in [0, 0.1) is 6.92 Å². The van der Waals surface area contributed by atoms with Crippen molar-refractivity contribution in [2.75, 3.05) is 37.6 Å². The number of carbonyl (C=O) groups excluding carboxylic acids is 2. The van der Waals surface area contributed by atoms with Gasteiger partial charge in [0.05, 0.1) is 0 Å². The normalized spacial score (nSPS) is 18.1. The minimum atomic E-state index is -0.152. The smallest absolute Gasteiger partial charge is 0.315 e. The van der Waals surface area contributed by atoms with Crippen LogP contribution in [0.1, 0.15) is 44.1 Å². The zero-order valence-electron chi connectivity index (χ0n) is 16.7. The third-order valence-electron chi connectivity index (χ3n) is 5.71. The molecule has 1 aliphatic carbocycles. The minimum Gasteiger partial charge on any atom is -0.368 e. The second-order valence-electron chi connectivity index (χ2n) is 7.78. The lowest BCUT2D eigenvalue weighted by Gasteiger charge is -2.37. The number of hydrogen-bond acceptors (Lipinski definition) is 3. The summed E-state index contributed by atoms with van der Waals surface area (Å²) in [5.41, 5.74) is 2.33. The molecule has 0 aromatic heterocycles. The van der Waals surface area contributed by atoms with Gasteiger partial charge in [-0.3, -0.25) is 4.79 Å². The summed E-state index contributed by atoms with van der Waals surface area (Å²) in [5.74, 6) is 0.0976. The number of halogens is 1. The molecule has 1 aromatic carbocycles. The number of nitrogens with zero attached hydrogens (tertiary/aromatic N) is 2. The van der Waals surface area contributed by atoms with Crippen LogP contribution in [0.15, 0.2) is 18.2 Å². The number of carbonyl (C=O) groups is 2. The van der Waals surface area contributed by atoms with Crippen LogP contribution in [-0.2, 0) is 4.79 Å². The number of hydrogen-bond donors (Lipinski definition) is 2. The Bertz CT molecular complexity index is 683. The average molecular weight is 407 g/mol. The van der Waals surface area contributed by atoms with E-state index in [2.05, 4.69) is 22.5 Å². The van der Waals surface area contributed by atoms with Crippen molar-refractivity contribution in [1.29, 1.82) is 0 Å². The van der Waals surface area contributed by atoms with E-state index in [4.69, 9.17) is 11.6 Å². The van der Waals surface area contributed by atoms with Crippen molar-refractivity contribution >= 4 is 29.2 Å². The maximum atomic E-state index is 12.4. The van der Waals surface area contributed by atoms with E-state index in [9.17, 15) is 9.59 Å². The number of nitrogens with one attached hydrogen (secondary N) is 2. The van der Waals surface area contributed by atoms with Crippen molar-refractivity contribution in [2.45, 2.75) is 51.5 Å². The van der Waals surface area contributed by atoms with Crippen molar-refractivity contribution in [1.82, 2.24) is 15.5 Å². The van der Waals surface area contributed by atoms with Gasteiger partial charge in [-0.15, -0.1) is 0 Å². The fourth-order valence-electron chi connectivity index (χ4n) is 4.04. The number of piperazine rings is 1. The van der Waals surface area contributed by atoms with Crippen LogP contribution >= 0.6 is 11.6 Å². The maximum absolute atomic E-state index is 12.4. The van der Waals surface area contributed by atoms with Crippen LogP contribution in [-0.4, -0.2) is 55.6 Å². The van der Waals surface area contributed by atoms with Crippen LogP contribution in [0.25, 0.3) is 0 Å². The molecule has 3 rings (SSSR count). The first kappa shape index (κ1) is 20.8. The molecular formula is C21H31ClN4O2. The Morgan fingerprint density at radius 2 is 1.82 bits per heavy atom. The summed E-state index contributed by atoms with van der Waals surface area (Å²) in [5, 5.41) is 6.57. The van der Waals surface area contributed by atoms with Gasteiger partial charge in [-0.2, -0.15) is 0 Å². The quantitative estimate of drug-likeness (QED) is 0.788. The Morgan fingerprint density at radius 1 is 1.11 bits per heavy atom. The first-order valence-corrected chi connectivity index (χ1v) is 10.7. The molecule has 28 heavy (non-hydrogen) atoms. The number of benzene rings is 1. The lowest BCUT2D eigenvalue weighted by Crippen LogP contribution is -2.50. The summed E-state index contributed by atoms with van der Waals surface area (Å²) in [6, 6.07) is 6.05. The average Bonchev–Trinajstić information content (AvgIpc) is 2.70. The standard InChI is InChI=1S/C21H31ClN4O2/c1-16-7-8-17(22)15-19(16)25-11-13-26(14-12-25)20(27)9-10-23-21(28)24-18-5-3-2-4-6-18/h7-8,15,18H,2-6,9-14H2,1H3,(H2,23,24,28).